The SMILES string of the molecule is C=CCOC(=O)N1C[C@H](C)C[C@]2(C)O[C@@H]3C(=O)NC(=O)[C@@H]3[C@H]12. The molecule has 3 saturated heterocycles. The minimum atomic E-state index is -0.817. The molecule has 3 amide bonds. The topological polar surface area (TPSA) is 84.9 Å². The lowest BCUT2D eigenvalue weighted by Crippen LogP contribution is -2.60. The molecule has 3 aliphatic rings. The number of hydrogen-bond donors (Lipinski definition) is 1. The Bertz CT molecular complexity index is 548. The Morgan fingerprint density at radius 1 is 1.55 bits per heavy atom. The fourth-order valence-electron chi connectivity index (χ4n) is 4.05. The first kappa shape index (κ1) is 15.0. The number of nitrogens with zero attached hydrogens (tertiary/aromatic N) is 1. The van der Waals surface area contributed by atoms with Gasteiger partial charge in [-0.15, -0.1) is 0 Å². The molecule has 7 nitrogen and oxygen atoms in total. The van der Waals surface area contributed by atoms with Crippen LogP contribution in [-0.4, -0.2) is 53.7 Å². The second-order valence-corrected chi connectivity index (χ2v) is 6.50. The third-order valence-corrected chi connectivity index (χ3v) is 4.65. The van der Waals surface area contributed by atoms with Crippen molar-refractivity contribution in [2.75, 3.05) is 13.2 Å². The minimum Gasteiger partial charge on any atom is -0.445 e. The van der Waals surface area contributed by atoms with Gasteiger partial charge in [-0.25, -0.2) is 4.79 Å². The molecule has 0 aromatic heterocycles. The van der Waals surface area contributed by atoms with E-state index in [1.807, 2.05) is 13.8 Å². The van der Waals surface area contributed by atoms with E-state index in [-0.39, 0.29) is 18.4 Å². The van der Waals surface area contributed by atoms with E-state index in [2.05, 4.69) is 11.9 Å². The number of nitrogens with one attached hydrogen (secondary N) is 1. The normalized spacial score (nSPS) is 40.0. The van der Waals surface area contributed by atoms with Gasteiger partial charge in [-0.2, -0.15) is 0 Å². The quantitative estimate of drug-likeness (QED) is 0.591. The standard InChI is InChI=1S/C15H20N2O5/c1-4-5-21-14(20)17-7-8(2)6-15(3)11(17)9-10(22-15)13(19)16-12(9)18/h4,8-11H,1,5-7H2,2-3H3,(H,16,18,19)/t8-,9+,10+,11+,15+/m1/s1. The van der Waals surface area contributed by atoms with Crippen molar-refractivity contribution in [2.24, 2.45) is 11.8 Å². The smallest absolute Gasteiger partial charge is 0.410 e. The Morgan fingerprint density at radius 2 is 2.27 bits per heavy atom. The van der Waals surface area contributed by atoms with E-state index >= 15 is 0 Å². The molecule has 3 aliphatic heterocycles. The number of piperidine rings is 1. The zero-order valence-corrected chi connectivity index (χ0v) is 12.7. The number of carbonyl (C=O) groups excluding carboxylic acids is 3. The average molecular weight is 308 g/mol. The molecule has 22 heavy (non-hydrogen) atoms. The summed E-state index contributed by atoms with van der Waals surface area (Å²) in [4.78, 5) is 37.9. The highest BCUT2D eigenvalue weighted by Crippen LogP contribution is 2.47. The number of likely N-dealkylation sites (tertiary alicyclic amines) is 1. The van der Waals surface area contributed by atoms with Crippen molar-refractivity contribution in [3.8, 4) is 0 Å². The highest BCUT2D eigenvalue weighted by atomic mass is 16.6. The number of rotatable bonds is 2. The molecule has 3 fully saturated rings. The van der Waals surface area contributed by atoms with Crippen LogP contribution in [0.4, 0.5) is 4.79 Å². The van der Waals surface area contributed by atoms with Crippen molar-refractivity contribution in [3.63, 3.8) is 0 Å². The monoisotopic (exact) mass is 308 g/mol. The van der Waals surface area contributed by atoms with Gasteiger partial charge in [0.2, 0.25) is 5.91 Å². The predicted octanol–water partition coefficient (Wildman–Crippen LogP) is 0.449. The molecule has 0 radical (unpaired) electrons. The first-order valence-electron chi connectivity index (χ1n) is 7.44. The third kappa shape index (κ3) is 2.11. The lowest BCUT2D eigenvalue weighted by molar-refractivity contribution is -0.140. The summed E-state index contributed by atoms with van der Waals surface area (Å²) in [5.41, 5.74) is -0.715. The summed E-state index contributed by atoms with van der Waals surface area (Å²) in [5, 5.41) is 2.29. The Labute approximate surface area is 128 Å². The van der Waals surface area contributed by atoms with Gasteiger partial charge in [0.25, 0.3) is 5.91 Å². The number of imide groups is 1. The van der Waals surface area contributed by atoms with E-state index < -0.39 is 35.7 Å². The van der Waals surface area contributed by atoms with E-state index in [1.54, 1.807) is 4.90 Å². The summed E-state index contributed by atoms with van der Waals surface area (Å²) in [6.45, 7) is 7.97. The summed E-state index contributed by atoms with van der Waals surface area (Å²) in [6, 6.07) is -0.488. The van der Waals surface area contributed by atoms with Gasteiger partial charge in [0, 0.05) is 6.54 Å². The second-order valence-electron chi connectivity index (χ2n) is 6.50. The van der Waals surface area contributed by atoms with Crippen LogP contribution in [0.1, 0.15) is 20.3 Å². The maximum absolute atomic E-state index is 12.3. The number of carbonyl (C=O) groups is 3. The molecular formula is C15H20N2O5. The third-order valence-electron chi connectivity index (χ3n) is 4.65. The molecule has 0 bridgehead atoms. The fraction of sp³-hybridized carbons (Fsp3) is 0.667. The number of ether oxygens (including phenoxy) is 2. The van der Waals surface area contributed by atoms with Gasteiger partial charge in [0.05, 0.1) is 17.6 Å². The summed E-state index contributed by atoms with van der Waals surface area (Å²) >= 11 is 0. The highest BCUT2D eigenvalue weighted by Gasteiger charge is 2.65. The summed E-state index contributed by atoms with van der Waals surface area (Å²) in [5.74, 6) is -1.27. The molecule has 5 atom stereocenters. The minimum absolute atomic E-state index is 0.104. The highest BCUT2D eigenvalue weighted by molar-refractivity contribution is 6.07. The first-order chi connectivity index (χ1) is 10.4. The van der Waals surface area contributed by atoms with Crippen LogP contribution in [0.15, 0.2) is 12.7 Å². The van der Waals surface area contributed by atoms with Crippen molar-refractivity contribution < 1.29 is 23.9 Å². The second kappa shape index (κ2) is 5.08. The molecule has 0 aliphatic carbocycles. The maximum atomic E-state index is 12.3. The van der Waals surface area contributed by atoms with Crippen LogP contribution in [0, 0.1) is 11.8 Å². The van der Waals surface area contributed by atoms with Gasteiger partial charge < -0.3 is 14.4 Å². The zero-order chi connectivity index (χ0) is 16.1. The van der Waals surface area contributed by atoms with Crippen LogP contribution in [0.2, 0.25) is 0 Å². The van der Waals surface area contributed by atoms with Crippen molar-refractivity contribution >= 4 is 17.9 Å². The van der Waals surface area contributed by atoms with Crippen molar-refractivity contribution in [3.05, 3.63) is 12.7 Å². The lowest BCUT2D eigenvalue weighted by atomic mass is 9.77. The van der Waals surface area contributed by atoms with E-state index in [0.717, 1.165) is 0 Å². The van der Waals surface area contributed by atoms with Gasteiger partial charge in [0.15, 0.2) is 6.10 Å². The molecule has 0 saturated carbocycles. The molecule has 0 unspecified atom stereocenters. The molecule has 1 N–H and O–H groups in total. The van der Waals surface area contributed by atoms with E-state index in [4.69, 9.17) is 9.47 Å². The van der Waals surface area contributed by atoms with Crippen LogP contribution in [-0.2, 0) is 19.1 Å². The Morgan fingerprint density at radius 3 is 2.95 bits per heavy atom. The number of hydrogen-bond acceptors (Lipinski definition) is 5. The van der Waals surface area contributed by atoms with E-state index in [1.165, 1.54) is 6.08 Å². The van der Waals surface area contributed by atoms with Gasteiger partial charge in [0.1, 0.15) is 6.61 Å². The van der Waals surface area contributed by atoms with Crippen LogP contribution in [0.3, 0.4) is 0 Å². The molecule has 0 aromatic rings. The summed E-state index contributed by atoms with van der Waals surface area (Å²) in [6.07, 6.45) is 0.863. The van der Waals surface area contributed by atoms with Gasteiger partial charge in [-0.3, -0.25) is 14.9 Å². The molecule has 3 heterocycles. The molecule has 3 rings (SSSR count). The van der Waals surface area contributed by atoms with Crippen LogP contribution >= 0.6 is 0 Å². The summed E-state index contributed by atoms with van der Waals surface area (Å²) in [7, 11) is 0. The number of fused-ring (bicyclic) bond motifs is 3. The summed E-state index contributed by atoms with van der Waals surface area (Å²) < 4.78 is 11.1. The van der Waals surface area contributed by atoms with Crippen LogP contribution in [0.5, 0.6) is 0 Å². The zero-order valence-electron chi connectivity index (χ0n) is 12.7. The average Bonchev–Trinajstić information content (AvgIpc) is 2.89. The fourth-order valence-corrected chi connectivity index (χ4v) is 4.05. The largest absolute Gasteiger partial charge is 0.445 e. The van der Waals surface area contributed by atoms with E-state index in [9.17, 15) is 14.4 Å². The molecule has 120 valence electrons. The Hall–Kier alpha value is -1.89. The maximum Gasteiger partial charge on any atom is 0.410 e. The lowest BCUT2D eigenvalue weighted by Gasteiger charge is -2.46. The van der Waals surface area contributed by atoms with Crippen LogP contribution in [0.25, 0.3) is 0 Å². The van der Waals surface area contributed by atoms with Gasteiger partial charge in [-0.1, -0.05) is 19.6 Å². The Kier molecular flexibility index (Phi) is 3.47. The van der Waals surface area contributed by atoms with Gasteiger partial charge in [-0.05, 0) is 19.3 Å². The molecule has 7 heteroatoms. The van der Waals surface area contributed by atoms with Crippen molar-refractivity contribution in [1.82, 2.24) is 10.2 Å². The van der Waals surface area contributed by atoms with Crippen molar-refractivity contribution in [1.29, 1.82) is 0 Å². The molecule has 0 aromatic carbocycles. The predicted molar refractivity (Wildman–Crippen MR) is 75.7 cm³/mol. The molecule has 0 spiro atoms. The molecular weight excluding hydrogens is 288 g/mol. The first-order valence-corrected chi connectivity index (χ1v) is 7.44. The van der Waals surface area contributed by atoms with E-state index in [0.29, 0.717) is 13.0 Å². The van der Waals surface area contributed by atoms with Gasteiger partial charge >= 0.3 is 6.09 Å². The Balaban J connectivity index is 1.93. The van der Waals surface area contributed by atoms with Crippen LogP contribution < -0.4 is 5.32 Å². The number of amides is 3. The van der Waals surface area contributed by atoms with Crippen molar-refractivity contribution in [2.45, 2.75) is 38.0 Å².